The van der Waals surface area contributed by atoms with Crippen LogP contribution < -0.4 is 5.73 Å². The lowest BCUT2D eigenvalue weighted by molar-refractivity contribution is 0.305. The van der Waals surface area contributed by atoms with Crippen LogP contribution in [-0.2, 0) is 6.42 Å². The number of halogens is 1. The Morgan fingerprint density at radius 1 is 1.50 bits per heavy atom. The molecular weight excluding hydrogens is 292 g/mol. The Balaban J connectivity index is 2.35. The van der Waals surface area contributed by atoms with Crippen LogP contribution in [0.2, 0.25) is 0 Å². The van der Waals surface area contributed by atoms with Gasteiger partial charge in [0.1, 0.15) is 5.75 Å². The van der Waals surface area contributed by atoms with E-state index >= 15 is 0 Å². The molecule has 3 N–H and O–H groups in total. The second-order valence-corrected chi connectivity index (χ2v) is 6.02. The Kier molecular flexibility index (Phi) is 4.30. The summed E-state index contributed by atoms with van der Waals surface area (Å²) in [5, 5.41) is 10.2. The van der Waals surface area contributed by atoms with Gasteiger partial charge in [-0.15, -0.1) is 0 Å². The molecule has 0 bridgehead atoms. The summed E-state index contributed by atoms with van der Waals surface area (Å²) in [4.78, 5) is 2.29. The third kappa shape index (κ3) is 2.56. The predicted octanol–water partition coefficient (Wildman–Crippen LogP) is 2.67. The maximum absolute atomic E-state index is 10.2. The molecule has 0 amide bonds. The molecule has 0 spiro atoms. The molecule has 1 saturated heterocycles. The van der Waals surface area contributed by atoms with Crippen molar-refractivity contribution >= 4 is 15.9 Å². The Hall–Kier alpha value is -0.580. The van der Waals surface area contributed by atoms with Crippen LogP contribution in [0.3, 0.4) is 0 Å². The summed E-state index contributed by atoms with van der Waals surface area (Å²) in [5.41, 5.74) is 8.04. The van der Waals surface area contributed by atoms with Crippen LogP contribution in [0.4, 0.5) is 0 Å². The zero-order valence-electron chi connectivity index (χ0n) is 11.0. The Labute approximate surface area is 117 Å². The maximum atomic E-state index is 10.2. The molecule has 18 heavy (non-hydrogen) atoms. The first kappa shape index (κ1) is 13.8. The molecule has 3 nitrogen and oxygen atoms in total. The molecule has 2 atom stereocenters. The van der Waals surface area contributed by atoms with Gasteiger partial charge in [-0.1, -0.05) is 13.0 Å². The SMILES string of the molecule is CCc1cc(Br)c(O)c(C2CC(CN)CN2C)c1. The van der Waals surface area contributed by atoms with Crippen LogP contribution in [0, 0.1) is 5.92 Å². The number of hydrogen-bond donors (Lipinski definition) is 2. The molecule has 1 aromatic carbocycles. The van der Waals surface area contributed by atoms with Crippen molar-refractivity contribution < 1.29 is 5.11 Å². The molecule has 2 unspecified atom stereocenters. The highest BCUT2D eigenvalue weighted by atomic mass is 79.9. The summed E-state index contributed by atoms with van der Waals surface area (Å²) < 4.78 is 0.793. The van der Waals surface area contributed by atoms with Gasteiger partial charge >= 0.3 is 0 Å². The van der Waals surface area contributed by atoms with Crippen LogP contribution in [0.1, 0.15) is 30.5 Å². The van der Waals surface area contributed by atoms with Crippen molar-refractivity contribution in [3.63, 3.8) is 0 Å². The van der Waals surface area contributed by atoms with E-state index in [0.717, 1.165) is 36.0 Å². The van der Waals surface area contributed by atoms with Gasteiger partial charge in [-0.3, -0.25) is 4.90 Å². The second-order valence-electron chi connectivity index (χ2n) is 5.16. The van der Waals surface area contributed by atoms with Crippen molar-refractivity contribution in [3.8, 4) is 5.75 Å². The van der Waals surface area contributed by atoms with Crippen LogP contribution in [-0.4, -0.2) is 30.1 Å². The molecule has 4 heteroatoms. The van der Waals surface area contributed by atoms with Gasteiger partial charge in [-0.25, -0.2) is 0 Å². The number of benzene rings is 1. The first-order chi connectivity index (χ1) is 8.56. The summed E-state index contributed by atoms with van der Waals surface area (Å²) in [7, 11) is 2.10. The van der Waals surface area contributed by atoms with E-state index in [4.69, 9.17) is 5.73 Å². The molecule has 0 aromatic heterocycles. The third-order valence-electron chi connectivity index (χ3n) is 3.89. The van der Waals surface area contributed by atoms with Gasteiger partial charge in [0.2, 0.25) is 0 Å². The molecule has 1 aliphatic rings. The van der Waals surface area contributed by atoms with Gasteiger partial charge in [-0.05, 0) is 59.9 Å². The summed E-state index contributed by atoms with van der Waals surface area (Å²) in [6.07, 6.45) is 2.00. The van der Waals surface area contributed by atoms with E-state index < -0.39 is 0 Å². The van der Waals surface area contributed by atoms with Crippen molar-refractivity contribution in [2.75, 3.05) is 20.1 Å². The summed E-state index contributed by atoms with van der Waals surface area (Å²) >= 11 is 3.44. The van der Waals surface area contributed by atoms with Crippen LogP contribution in [0.15, 0.2) is 16.6 Å². The molecular formula is C14H21BrN2O. The lowest BCUT2D eigenvalue weighted by Gasteiger charge is -2.22. The Bertz CT molecular complexity index is 436. The highest BCUT2D eigenvalue weighted by Crippen LogP contribution is 2.41. The number of aryl methyl sites for hydroxylation is 1. The van der Waals surface area contributed by atoms with Gasteiger partial charge in [0, 0.05) is 18.2 Å². The quantitative estimate of drug-likeness (QED) is 0.902. The number of aromatic hydroxyl groups is 1. The number of rotatable bonds is 3. The van der Waals surface area contributed by atoms with Crippen LogP contribution >= 0.6 is 15.9 Å². The average Bonchev–Trinajstić information content (AvgIpc) is 2.74. The fourth-order valence-electron chi connectivity index (χ4n) is 2.78. The van der Waals surface area contributed by atoms with Gasteiger partial charge < -0.3 is 10.8 Å². The monoisotopic (exact) mass is 312 g/mol. The van der Waals surface area contributed by atoms with E-state index in [1.165, 1.54) is 5.56 Å². The smallest absolute Gasteiger partial charge is 0.134 e. The van der Waals surface area contributed by atoms with Gasteiger partial charge in [0.15, 0.2) is 0 Å². The van der Waals surface area contributed by atoms with Gasteiger partial charge in [0.05, 0.1) is 4.47 Å². The molecule has 2 rings (SSSR count). The van der Waals surface area contributed by atoms with Gasteiger partial charge in [-0.2, -0.15) is 0 Å². The summed E-state index contributed by atoms with van der Waals surface area (Å²) in [6.45, 7) is 3.86. The normalized spacial score (nSPS) is 24.7. The molecule has 1 heterocycles. The number of nitrogens with zero attached hydrogens (tertiary/aromatic N) is 1. The zero-order valence-corrected chi connectivity index (χ0v) is 12.6. The summed E-state index contributed by atoms with van der Waals surface area (Å²) in [5.74, 6) is 0.908. The third-order valence-corrected chi connectivity index (χ3v) is 4.49. The lowest BCUT2D eigenvalue weighted by atomic mass is 9.97. The minimum Gasteiger partial charge on any atom is -0.506 e. The predicted molar refractivity (Wildman–Crippen MR) is 77.7 cm³/mol. The molecule has 1 aliphatic heterocycles. The number of hydrogen-bond acceptors (Lipinski definition) is 3. The standard InChI is InChI=1S/C14H21BrN2O/c1-3-9-4-11(14(18)12(15)5-9)13-6-10(7-16)8-17(13)2/h4-5,10,13,18H,3,6-8,16H2,1-2H3. The first-order valence-corrected chi connectivity index (χ1v) is 7.27. The van der Waals surface area contributed by atoms with Crippen LogP contribution in [0.5, 0.6) is 5.75 Å². The van der Waals surface area contributed by atoms with Crippen molar-refractivity contribution in [3.05, 3.63) is 27.7 Å². The Morgan fingerprint density at radius 2 is 2.22 bits per heavy atom. The fraction of sp³-hybridized carbons (Fsp3) is 0.571. The van der Waals surface area contributed by atoms with Gasteiger partial charge in [0.25, 0.3) is 0 Å². The number of phenolic OH excluding ortho intramolecular Hbond substituents is 1. The van der Waals surface area contributed by atoms with E-state index in [2.05, 4.69) is 40.9 Å². The highest BCUT2D eigenvalue weighted by molar-refractivity contribution is 9.10. The van der Waals surface area contributed by atoms with E-state index in [0.29, 0.717) is 11.7 Å². The molecule has 0 aliphatic carbocycles. The van der Waals surface area contributed by atoms with E-state index in [1.807, 2.05) is 6.07 Å². The van der Waals surface area contributed by atoms with E-state index in [9.17, 15) is 5.11 Å². The molecule has 0 radical (unpaired) electrons. The first-order valence-electron chi connectivity index (χ1n) is 6.48. The topological polar surface area (TPSA) is 49.5 Å². The molecule has 100 valence electrons. The average molecular weight is 313 g/mol. The highest BCUT2D eigenvalue weighted by Gasteiger charge is 2.31. The van der Waals surface area contributed by atoms with Crippen molar-refractivity contribution in [2.24, 2.45) is 11.7 Å². The molecule has 1 aromatic rings. The van der Waals surface area contributed by atoms with E-state index in [1.54, 1.807) is 0 Å². The van der Waals surface area contributed by atoms with Crippen molar-refractivity contribution in [1.82, 2.24) is 4.90 Å². The number of nitrogens with two attached hydrogens (primary N) is 1. The number of likely N-dealkylation sites (tertiary alicyclic amines) is 1. The zero-order chi connectivity index (χ0) is 13.3. The number of phenols is 1. The van der Waals surface area contributed by atoms with Crippen LogP contribution in [0.25, 0.3) is 0 Å². The fourth-order valence-corrected chi connectivity index (χ4v) is 3.30. The summed E-state index contributed by atoms with van der Waals surface area (Å²) in [6, 6.07) is 4.40. The lowest BCUT2D eigenvalue weighted by Crippen LogP contribution is -2.20. The second kappa shape index (κ2) is 5.59. The van der Waals surface area contributed by atoms with E-state index in [-0.39, 0.29) is 6.04 Å². The minimum atomic E-state index is 0.279. The minimum absolute atomic E-state index is 0.279. The largest absolute Gasteiger partial charge is 0.506 e. The van der Waals surface area contributed by atoms with Crippen molar-refractivity contribution in [1.29, 1.82) is 0 Å². The Morgan fingerprint density at radius 3 is 2.78 bits per heavy atom. The maximum Gasteiger partial charge on any atom is 0.134 e. The molecule has 0 saturated carbocycles. The molecule has 1 fully saturated rings. The van der Waals surface area contributed by atoms with Crippen molar-refractivity contribution in [2.45, 2.75) is 25.8 Å².